The van der Waals surface area contributed by atoms with Gasteiger partial charge in [0.25, 0.3) is 0 Å². The SMILES string of the molecule is COC(=O)CO/N=C(\c1ccc(C=S)cc1)C(C)(C)N1CCOCC1. The Bertz CT molecular complexity index is 622. The quantitative estimate of drug-likeness (QED) is 0.319. The fraction of sp³-hybridized carbons (Fsp3) is 0.500. The second-order valence-corrected chi connectivity index (χ2v) is 6.42. The molecule has 1 aliphatic heterocycles. The summed E-state index contributed by atoms with van der Waals surface area (Å²) in [5.41, 5.74) is 2.23. The Morgan fingerprint density at radius 3 is 2.52 bits per heavy atom. The Morgan fingerprint density at radius 1 is 1.32 bits per heavy atom. The maximum atomic E-state index is 11.3. The van der Waals surface area contributed by atoms with Gasteiger partial charge in [-0.15, -0.1) is 0 Å². The molecule has 1 aromatic rings. The highest BCUT2D eigenvalue weighted by atomic mass is 32.1. The van der Waals surface area contributed by atoms with E-state index in [1.54, 1.807) is 5.37 Å². The van der Waals surface area contributed by atoms with Crippen LogP contribution in [0.3, 0.4) is 0 Å². The lowest BCUT2D eigenvalue weighted by Gasteiger charge is -2.41. The third-order valence-corrected chi connectivity index (χ3v) is 4.54. The van der Waals surface area contributed by atoms with E-state index in [0.717, 1.165) is 29.9 Å². The molecule has 136 valence electrons. The van der Waals surface area contributed by atoms with Crippen LogP contribution in [0, 0.1) is 0 Å². The Morgan fingerprint density at radius 2 is 1.96 bits per heavy atom. The zero-order valence-electron chi connectivity index (χ0n) is 14.9. The largest absolute Gasteiger partial charge is 0.466 e. The van der Waals surface area contributed by atoms with E-state index in [9.17, 15) is 4.79 Å². The number of carbonyl (C=O) groups excluding carboxylic acids is 1. The number of oxime groups is 1. The van der Waals surface area contributed by atoms with Crippen LogP contribution in [0.1, 0.15) is 25.0 Å². The van der Waals surface area contributed by atoms with Gasteiger partial charge in [0.15, 0.2) is 0 Å². The molecule has 0 aliphatic carbocycles. The Kier molecular flexibility index (Phi) is 7.04. The number of hydrogen-bond acceptors (Lipinski definition) is 7. The molecule has 0 amide bonds. The van der Waals surface area contributed by atoms with E-state index in [4.69, 9.17) is 21.8 Å². The normalized spacial score (nSPS) is 16.4. The number of benzene rings is 1. The van der Waals surface area contributed by atoms with Crippen LogP contribution < -0.4 is 0 Å². The van der Waals surface area contributed by atoms with Gasteiger partial charge >= 0.3 is 5.97 Å². The van der Waals surface area contributed by atoms with Gasteiger partial charge in [-0.1, -0.05) is 41.6 Å². The number of hydrogen-bond donors (Lipinski definition) is 0. The Hall–Kier alpha value is -1.83. The summed E-state index contributed by atoms with van der Waals surface area (Å²) in [4.78, 5) is 18.9. The average molecular weight is 364 g/mol. The monoisotopic (exact) mass is 364 g/mol. The molecular weight excluding hydrogens is 340 g/mol. The molecule has 0 spiro atoms. The molecule has 1 saturated heterocycles. The lowest BCUT2D eigenvalue weighted by atomic mass is 9.89. The summed E-state index contributed by atoms with van der Waals surface area (Å²) < 4.78 is 10.0. The fourth-order valence-corrected chi connectivity index (χ4v) is 2.87. The van der Waals surface area contributed by atoms with Crippen LogP contribution in [0.2, 0.25) is 0 Å². The van der Waals surface area contributed by atoms with Crippen LogP contribution in [-0.4, -0.2) is 67.5 Å². The van der Waals surface area contributed by atoms with Crippen molar-refractivity contribution in [1.29, 1.82) is 0 Å². The molecule has 6 nitrogen and oxygen atoms in total. The minimum absolute atomic E-state index is 0.225. The third-order valence-electron chi connectivity index (χ3n) is 4.27. The predicted molar refractivity (Wildman–Crippen MR) is 100 cm³/mol. The van der Waals surface area contributed by atoms with Crippen molar-refractivity contribution >= 4 is 29.3 Å². The van der Waals surface area contributed by atoms with Crippen molar-refractivity contribution < 1.29 is 19.1 Å². The molecule has 1 aromatic carbocycles. The average Bonchev–Trinajstić information content (AvgIpc) is 2.65. The highest BCUT2D eigenvalue weighted by Gasteiger charge is 2.35. The summed E-state index contributed by atoms with van der Waals surface area (Å²) in [6, 6.07) is 7.79. The van der Waals surface area contributed by atoms with E-state index >= 15 is 0 Å². The van der Waals surface area contributed by atoms with E-state index in [1.807, 2.05) is 24.3 Å². The molecule has 0 unspecified atom stereocenters. The van der Waals surface area contributed by atoms with Crippen molar-refractivity contribution in [3.63, 3.8) is 0 Å². The molecule has 0 aromatic heterocycles. The Labute approximate surface area is 153 Å². The first-order valence-corrected chi connectivity index (χ1v) is 8.62. The smallest absolute Gasteiger partial charge is 0.346 e. The zero-order valence-corrected chi connectivity index (χ0v) is 15.7. The number of carbonyl (C=O) groups is 1. The van der Waals surface area contributed by atoms with Gasteiger partial charge in [0.05, 0.1) is 25.9 Å². The van der Waals surface area contributed by atoms with Crippen LogP contribution in [0.5, 0.6) is 0 Å². The number of nitrogens with zero attached hydrogens (tertiary/aromatic N) is 2. The molecule has 1 aliphatic rings. The van der Waals surface area contributed by atoms with Crippen molar-refractivity contribution in [2.45, 2.75) is 19.4 Å². The van der Waals surface area contributed by atoms with Crippen molar-refractivity contribution in [1.82, 2.24) is 4.90 Å². The van der Waals surface area contributed by atoms with Crippen molar-refractivity contribution in [3.05, 3.63) is 35.4 Å². The number of thiocarbonyl (C=S) groups is 1. The van der Waals surface area contributed by atoms with E-state index < -0.39 is 5.97 Å². The second kappa shape index (κ2) is 9.03. The second-order valence-electron chi connectivity index (χ2n) is 6.19. The van der Waals surface area contributed by atoms with Gasteiger partial charge in [-0.3, -0.25) is 4.90 Å². The summed E-state index contributed by atoms with van der Waals surface area (Å²) in [6.45, 7) is 6.93. The minimum Gasteiger partial charge on any atom is -0.466 e. The number of morpholine rings is 1. The van der Waals surface area contributed by atoms with E-state index in [-0.39, 0.29) is 12.1 Å². The minimum atomic E-state index is -0.469. The van der Waals surface area contributed by atoms with Gasteiger partial charge in [-0.25, -0.2) is 4.79 Å². The maximum Gasteiger partial charge on any atom is 0.346 e. The zero-order chi connectivity index (χ0) is 18.3. The topological polar surface area (TPSA) is 60.4 Å². The van der Waals surface area contributed by atoms with E-state index in [1.165, 1.54) is 7.11 Å². The molecule has 2 rings (SSSR count). The van der Waals surface area contributed by atoms with Crippen LogP contribution in [-0.2, 0) is 19.1 Å². The molecule has 25 heavy (non-hydrogen) atoms. The first kappa shape index (κ1) is 19.5. The fourth-order valence-electron chi connectivity index (χ4n) is 2.72. The van der Waals surface area contributed by atoms with E-state index in [2.05, 4.69) is 28.6 Å². The van der Waals surface area contributed by atoms with Gasteiger partial charge in [0, 0.05) is 24.0 Å². The molecule has 1 fully saturated rings. The molecule has 0 bridgehead atoms. The summed E-state index contributed by atoms with van der Waals surface area (Å²) in [5.74, 6) is -0.469. The standard InChI is InChI=1S/C18H24N2O4S/c1-18(2,20-8-10-23-11-9-20)17(19-24-12-16(21)22-3)15-6-4-14(13-25)5-7-15/h4-7,13H,8-12H2,1-3H3/b19-17+. The van der Waals surface area contributed by atoms with Gasteiger partial charge in [0.1, 0.15) is 5.71 Å². The molecule has 0 saturated carbocycles. The van der Waals surface area contributed by atoms with Gasteiger partial charge in [0.2, 0.25) is 6.61 Å². The number of methoxy groups -OCH3 is 1. The summed E-state index contributed by atoms with van der Waals surface area (Å²) >= 11 is 4.96. The lowest BCUT2D eigenvalue weighted by molar-refractivity contribution is -0.145. The predicted octanol–water partition coefficient (Wildman–Crippen LogP) is 2.04. The maximum absolute atomic E-state index is 11.3. The van der Waals surface area contributed by atoms with Crippen LogP contribution in [0.4, 0.5) is 0 Å². The number of ether oxygens (including phenoxy) is 2. The highest BCUT2D eigenvalue weighted by Crippen LogP contribution is 2.23. The third kappa shape index (κ3) is 5.07. The summed E-state index contributed by atoms with van der Waals surface area (Å²) in [5, 5.41) is 5.91. The van der Waals surface area contributed by atoms with Gasteiger partial charge in [-0.05, 0) is 19.4 Å². The molecule has 7 heteroatoms. The molecule has 0 atom stereocenters. The van der Waals surface area contributed by atoms with Crippen molar-refractivity contribution in [2.24, 2.45) is 5.16 Å². The van der Waals surface area contributed by atoms with Gasteiger partial charge < -0.3 is 14.3 Å². The van der Waals surface area contributed by atoms with Crippen molar-refractivity contribution in [2.75, 3.05) is 40.0 Å². The Balaban J connectivity index is 2.30. The van der Waals surface area contributed by atoms with E-state index in [0.29, 0.717) is 13.2 Å². The van der Waals surface area contributed by atoms with Crippen LogP contribution >= 0.6 is 12.2 Å². The number of rotatable bonds is 7. The molecule has 1 heterocycles. The molecule has 0 N–H and O–H groups in total. The highest BCUT2D eigenvalue weighted by molar-refractivity contribution is 7.79. The van der Waals surface area contributed by atoms with Crippen molar-refractivity contribution in [3.8, 4) is 0 Å². The summed E-state index contributed by atoms with van der Waals surface area (Å²) in [6.07, 6.45) is 0. The first-order valence-electron chi connectivity index (χ1n) is 8.14. The first-order chi connectivity index (χ1) is 12.0. The van der Waals surface area contributed by atoms with Crippen LogP contribution in [0.15, 0.2) is 29.4 Å². The molecule has 0 radical (unpaired) electrons. The van der Waals surface area contributed by atoms with Gasteiger partial charge in [-0.2, -0.15) is 0 Å². The molecular formula is C18H24N2O4S. The lowest BCUT2D eigenvalue weighted by Crippen LogP contribution is -2.54. The van der Waals surface area contributed by atoms with Crippen LogP contribution in [0.25, 0.3) is 0 Å². The number of esters is 1. The summed E-state index contributed by atoms with van der Waals surface area (Å²) in [7, 11) is 1.32.